The fraction of sp³-hybridized carbons (Fsp3) is 0.0870. The maximum absolute atomic E-state index is 4.05. The van der Waals surface area contributed by atoms with Gasteiger partial charge in [0.2, 0.25) is 0 Å². The van der Waals surface area contributed by atoms with Gasteiger partial charge < -0.3 is 4.90 Å². The second-order valence-corrected chi connectivity index (χ2v) is 6.01. The van der Waals surface area contributed by atoms with E-state index in [4.69, 9.17) is 0 Å². The Hall–Kier alpha value is -3.13. The van der Waals surface area contributed by atoms with Gasteiger partial charge in [-0.3, -0.25) is 0 Å². The molecule has 0 unspecified atom stereocenters. The molecule has 0 fully saturated rings. The molecule has 0 radical (unpaired) electrons. The first kappa shape index (κ1) is 16.7. The van der Waals surface area contributed by atoms with E-state index in [0.29, 0.717) is 0 Å². The van der Waals surface area contributed by atoms with Gasteiger partial charge in [-0.1, -0.05) is 79.4 Å². The Morgan fingerprint density at radius 2 is 1.40 bits per heavy atom. The lowest BCUT2D eigenvalue weighted by atomic mass is 9.99. The van der Waals surface area contributed by atoms with E-state index in [9.17, 15) is 0 Å². The molecule has 0 amide bonds. The molecule has 3 rings (SSSR count). The smallest absolute Gasteiger partial charge is 0.0905 e. The van der Waals surface area contributed by atoms with Gasteiger partial charge >= 0.3 is 0 Å². The highest BCUT2D eigenvalue weighted by atomic mass is 15.1. The third-order valence-corrected chi connectivity index (χ3v) is 4.05. The van der Waals surface area contributed by atoms with Crippen molar-refractivity contribution in [2.45, 2.75) is 6.54 Å². The van der Waals surface area contributed by atoms with Crippen LogP contribution in [0, 0.1) is 0 Å². The third-order valence-electron chi connectivity index (χ3n) is 4.05. The van der Waals surface area contributed by atoms with Gasteiger partial charge in [0.15, 0.2) is 0 Å². The van der Waals surface area contributed by atoms with Crippen LogP contribution in [0.5, 0.6) is 0 Å². The molecule has 0 aliphatic rings. The van der Waals surface area contributed by atoms with E-state index in [0.717, 1.165) is 6.54 Å². The van der Waals surface area contributed by atoms with Crippen LogP contribution in [0.25, 0.3) is 22.3 Å². The van der Waals surface area contributed by atoms with Crippen molar-refractivity contribution in [1.82, 2.24) is 4.90 Å². The molecule has 2 heteroatoms. The maximum Gasteiger partial charge on any atom is 0.0905 e. The van der Waals surface area contributed by atoms with Gasteiger partial charge in [-0.25, -0.2) is 4.99 Å². The molecule has 0 aliphatic heterocycles. The molecule has 0 saturated heterocycles. The van der Waals surface area contributed by atoms with E-state index in [2.05, 4.69) is 84.4 Å². The summed E-state index contributed by atoms with van der Waals surface area (Å²) in [5, 5.41) is 0. The largest absolute Gasteiger partial charge is 0.361 e. The van der Waals surface area contributed by atoms with E-state index < -0.39 is 0 Å². The Morgan fingerprint density at radius 3 is 2.08 bits per heavy atom. The lowest BCUT2D eigenvalue weighted by Crippen LogP contribution is -2.15. The quantitative estimate of drug-likeness (QED) is 0.424. The molecule has 25 heavy (non-hydrogen) atoms. The van der Waals surface area contributed by atoms with Crippen molar-refractivity contribution in [2.75, 3.05) is 7.05 Å². The van der Waals surface area contributed by atoms with Crippen molar-refractivity contribution in [1.29, 1.82) is 0 Å². The van der Waals surface area contributed by atoms with E-state index >= 15 is 0 Å². The van der Waals surface area contributed by atoms with Crippen molar-refractivity contribution in [3.05, 3.63) is 97.2 Å². The molecule has 3 aromatic rings. The second kappa shape index (κ2) is 8.11. The Labute approximate surface area is 149 Å². The van der Waals surface area contributed by atoms with Gasteiger partial charge in [0, 0.05) is 19.8 Å². The lowest BCUT2D eigenvalue weighted by molar-refractivity contribution is 0.516. The molecule has 2 nitrogen and oxygen atoms in total. The first-order valence-corrected chi connectivity index (χ1v) is 8.35. The first-order chi connectivity index (χ1) is 12.3. The molecule has 0 spiro atoms. The topological polar surface area (TPSA) is 15.6 Å². The number of benzene rings is 3. The van der Waals surface area contributed by atoms with Gasteiger partial charge in [-0.05, 0) is 33.9 Å². The molecule has 0 saturated carbocycles. The van der Waals surface area contributed by atoms with Gasteiger partial charge in [0.25, 0.3) is 0 Å². The zero-order valence-electron chi connectivity index (χ0n) is 14.5. The molecule has 3 aromatic carbocycles. The summed E-state index contributed by atoms with van der Waals surface area (Å²) in [5.41, 5.74) is 6.18. The fourth-order valence-electron chi connectivity index (χ4n) is 2.82. The Morgan fingerprint density at radius 1 is 0.800 bits per heavy atom. The van der Waals surface area contributed by atoms with Crippen molar-refractivity contribution in [3.63, 3.8) is 0 Å². The second-order valence-electron chi connectivity index (χ2n) is 6.01. The molecule has 0 atom stereocenters. The first-order valence-electron chi connectivity index (χ1n) is 8.35. The molecule has 0 aliphatic carbocycles. The van der Waals surface area contributed by atoms with E-state index in [1.807, 2.05) is 18.0 Å². The lowest BCUT2D eigenvalue weighted by Gasteiger charge is -2.13. The Kier molecular flexibility index (Phi) is 5.43. The number of rotatable bonds is 6. The van der Waals surface area contributed by atoms with Gasteiger partial charge in [-0.2, -0.15) is 0 Å². The van der Waals surface area contributed by atoms with Crippen LogP contribution >= 0.6 is 0 Å². The summed E-state index contributed by atoms with van der Waals surface area (Å²) in [7, 11) is 2.01. The van der Waals surface area contributed by atoms with E-state index in [1.165, 1.54) is 27.8 Å². The fourth-order valence-corrected chi connectivity index (χ4v) is 2.82. The number of nitrogens with zero attached hydrogens (tertiary/aromatic N) is 2. The molecule has 0 aromatic heterocycles. The molecule has 0 N–H and O–H groups in total. The summed E-state index contributed by atoms with van der Waals surface area (Å²) in [5.74, 6) is 0. The molecule has 124 valence electrons. The highest BCUT2D eigenvalue weighted by Gasteiger charge is 2.02. The van der Waals surface area contributed by atoms with Crippen LogP contribution in [-0.4, -0.2) is 18.3 Å². The SMILES string of the molecule is C=CN=CN(C)Cc1cccc(-c2ccc(-c3ccccc3)cc2)c1. The number of hydrogen-bond acceptors (Lipinski definition) is 1. The minimum absolute atomic E-state index is 0.813. The average Bonchev–Trinajstić information content (AvgIpc) is 2.67. The summed E-state index contributed by atoms with van der Waals surface area (Å²) in [4.78, 5) is 6.09. The molecule has 0 bridgehead atoms. The van der Waals surface area contributed by atoms with Gasteiger partial charge in [-0.15, -0.1) is 0 Å². The van der Waals surface area contributed by atoms with Crippen LogP contribution < -0.4 is 0 Å². The highest BCUT2D eigenvalue weighted by Crippen LogP contribution is 2.25. The van der Waals surface area contributed by atoms with E-state index in [1.54, 1.807) is 12.5 Å². The van der Waals surface area contributed by atoms with Crippen LogP contribution in [-0.2, 0) is 6.54 Å². The van der Waals surface area contributed by atoms with Gasteiger partial charge in [0.1, 0.15) is 0 Å². The number of aliphatic imine (C=N–C) groups is 1. The predicted molar refractivity (Wildman–Crippen MR) is 107 cm³/mol. The molecular formula is C23H22N2. The predicted octanol–water partition coefficient (Wildman–Crippen LogP) is 5.62. The van der Waals surface area contributed by atoms with E-state index in [-0.39, 0.29) is 0 Å². The van der Waals surface area contributed by atoms with Crippen molar-refractivity contribution >= 4 is 6.34 Å². The summed E-state index contributed by atoms with van der Waals surface area (Å²) in [6.07, 6.45) is 3.33. The van der Waals surface area contributed by atoms with Gasteiger partial charge in [0.05, 0.1) is 6.34 Å². The summed E-state index contributed by atoms with van der Waals surface area (Å²) >= 11 is 0. The number of hydrogen-bond donors (Lipinski definition) is 0. The normalized spacial score (nSPS) is 10.8. The van der Waals surface area contributed by atoms with Crippen LogP contribution in [0.1, 0.15) is 5.56 Å². The maximum atomic E-state index is 4.05. The summed E-state index contributed by atoms with van der Waals surface area (Å²) in [6, 6.07) is 27.8. The molecule has 0 heterocycles. The van der Waals surface area contributed by atoms with Crippen LogP contribution in [0.4, 0.5) is 0 Å². The zero-order chi connectivity index (χ0) is 17.5. The Balaban J connectivity index is 1.79. The third kappa shape index (κ3) is 4.45. The van der Waals surface area contributed by atoms with Crippen molar-refractivity contribution in [2.24, 2.45) is 4.99 Å². The van der Waals surface area contributed by atoms with Crippen LogP contribution in [0.2, 0.25) is 0 Å². The monoisotopic (exact) mass is 326 g/mol. The van der Waals surface area contributed by atoms with Crippen LogP contribution in [0.3, 0.4) is 0 Å². The van der Waals surface area contributed by atoms with Crippen LogP contribution in [0.15, 0.2) is 96.6 Å². The Bertz CT molecular complexity index is 849. The minimum atomic E-state index is 0.813. The standard InChI is InChI=1S/C23H22N2/c1-3-24-18-25(2)17-19-8-7-11-23(16-19)22-14-12-21(13-15-22)20-9-5-4-6-10-20/h3-16,18H,1,17H2,2H3. The van der Waals surface area contributed by atoms with Crippen molar-refractivity contribution < 1.29 is 0 Å². The highest BCUT2D eigenvalue weighted by molar-refractivity contribution is 5.70. The average molecular weight is 326 g/mol. The molecular weight excluding hydrogens is 304 g/mol. The van der Waals surface area contributed by atoms with Crippen molar-refractivity contribution in [3.8, 4) is 22.3 Å². The zero-order valence-corrected chi connectivity index (χ0v) is 14.5. The minimum Gasteiger partial charge on any atom is -0.361 e. The summed E-state index contributed by atoms with van der Waals surface area (Å²) in [6.45, 7) is 4.41. The summed E-state index contributed by atoms with van der Waals surface area (Å²) < 4.78 is 0.